The molecule has 31 heavy (non-hydrogen) atoms. The van der Waals surface area contributed by atoms with Crippen molar-refractivity contribution in [3.05, 3.63) is 80.3 Å². The first-order valence-electron chi connectivity index (χ1n) is 9.25. The molecule has 0 unspecified atom stereocenters. The van der Waals surface area contributed by atoms with Crippen molar-refractivity contribution in [2.75, 3.05) is 5.32 Å². The van der Waals surface area contributed by atoms with Crippen LogP contribution in [0.1, 0.15) is 17.8 Å². The van der Waals surface area contributed by atoms with Crippen LogP contribution in [0.4, 0.5) is 5.69 Å². The van der Waals surface area contributed by atoms with Gasteiger partial charge in [-0.3, -0.25) is 14.2 Å². The molecule has 1 amide bonds. The van der Waals surface area contributed by atoms with Gasteiger partial charge in [-0.1, -0.05) is 29.3 Å². The van der Waals surface area contributed by atoms with Crippen LogP contribution < -0.4 is 10.9 Å². The first kappa shape index (κ1) is 20.8. The van der Waals surface area contributed by atoms with E-state index in [1.165, 1.54) is 0 Å². The fourth-order valence-electron chi connectivity index (χ4n) is 3.39. The second-order valence-electron chi connectivity index (χ2n) is 6.84. The molecule has 0 fully saturated rings. The van der Waals surface area contributed by atoms with Crippen molar-refractivity contribution in [1.82, 2.24) is 9.55 Å². The zero-order valence-corrected chi connectivity index (χ0v) is 17.4. The average molecular weight is 456 g/mol. The second kappa shape index (κ2) is 8.37. The lowest BCUT2D eigenvalue weighted by molar-refractivity contribution is -0.131. The van der Waals surface area contributed by atoms with Crippen molar-refractivity contribution in [3.63, 3.8) is 0 Å². The van der Waals surface area contributed by atoms with Gasteiger partial charge in [0.15, 0.2) is 0 Å². The van der Waals surface area contributed by atoms with E-state index in [1.807, 2.05) is 6.08 Å². The number of rotatable bonds is 4. The summed E-state index contributed by atoms with van der Waals surface area (Å²) >= 11 is 12.6. The molecule has 156 valence electrons. The smallest absolute Gasteiger partial charge is 0.328 e. The molecule has 3 aromatic rings. The van der Waals surface area contributed by atoms with E-state index in [0.29, 0.717) is 51.0 Å². The molecule has 2 heterocycles. The molecular formula is C22H15Cl2N3O4. The number of halogens is 2. The van der Waals surface area contributed by atoms with Crippen LogP contribution in [0.25, 0.3) is 22.6 Å². The van der Waals surface area contributed by atoms with Crippen LogP contribution >= 0.6 is 23.2 Å². The molecule has 1 aliphatic rings. The number of carboxylic acids is 1. The lowest BCUT2D eigenvalue weighted by Gasteiger charge is -2.08. The normalized spacial score (nSPS) is 14.3. The second-order valence-corrected chi connectivity index (χ2v) is 7.65. The Morgan fingerprint density at radius 1 is 1.13 bits per heavy atom. The summed E-state index contributed by atoms with van der Waals surface area (Å²) in [4.78, 5) is 40.0. The minimum Gasteiger partial charge on any atom is -0.478 e. The summed E-state index contributed by atoms with van der Waals surface area (Å²) in [6.07, 6.45) is 4.09. The minimum absolute atomic E-state index is 0.183. The zero-order chi connectivity index (χ0) is 22.1. The topological polar surface area (TPSA) is 101 Å². The maximum atomic E-state index is 12.9. The van der Waals surface area contributed by atoms with Crippen LogP contribution in [0.2, 0.25) is 10.0 Å². The SMILES string of the molecule is O=C(O)/C=C/C(=O)Nc1ccc2c(=O)n3c(nc2c1)C(=Cc1c(Cl)cccc1Cl)CC3. The van der Waals surface area contributed by atoms with E-state index in [2.05, 4.69) is 10.3 Å². The van der Waals surface area contributed by atoms with Gasteiger partial charge >= 0.3 is 5.97 Å². The fraction of sp³-hybridized carbons (Fsp3) is 0.0909. The summed E-state index contributed by atoms with van der Waals surface area (Å²) in [5, 5.41) is 12.6. The molecule has 2 N–H and O–H groups in total. The molecule has 0 spiro atoms. The van der Waals surface area contributed by atoms with E-state index in [0.717, 1.165) is 17.7 Å². The quantitative estimate of drug-likeness (QED) is 0.573. The standard InChI is InChI=1S/C22H15Cl2N3O4/c23-16-2-1-3-17(24)15(16)10-12-8-9-27-21(12)26-18-11-13(4-5-14(18)22(27)31)25-19(28)6-7-20(29)30/h1-7,10-11H,8-9H2,(H,25,28)(H,29,30)/b7-6+,12-10?. The zero-order valence-electron chi connectivity index (χ0n) is 15.9. The number of anilines is 1. The predicted molar refractivity (Wildman–Crippen MR) is 120 cm³/mol. The first-order valence-corrected chi connectivity index (χ1v) is 10.0. The number of allylic oxidation sites excluding steroid dienone is 1. The highest BCUT2D eigenvalue weighted by molar-refractivity contribution is 6.37. The van der Waals surface area contributed by atoms with Crippen LogP contribution in [0.5, 0.6) is 0 Å². The fourth-order valence-corrected chi connectivity index (χ4v) is 3.89. The molecule has 0 saturated heterocycles. The summed E-state index contributed by atoms with van der Waals surface area (Å²) in [5.41, 5.74) is 2.11. The third-order valence-electron chi connectivity index (χ3n) is 4.81. The predicted octanol–water partition coefficient (Wildman–Crippen LogP) is 4.23. The van der Waals surface area contributed by atoms with Crippen LogP contribution in [-0.2, 0) is 16.1 Å². The highest BCUT2D eigenvalue weighted by Crippen LogP contribution is 2.33. The third kappa shape index (κ3) is 4.23. The van der Waals surface area contributed by atoms with Crippen molar-refractivity contribution in [2.45, 2.75) is 13.0 Å². The summed E-state index contributed by atoms with van der Waals surface area (Å²) in [6, 6.07) is 9.96. The molecule has 0 saturated carbocycles. The number of carboxylic acid groups (broad SMARTS) is 1. The maximum absolute atomic E-state index is 12.9. The monoisotopic (exact) mass is 455 g/mol. The highest BCUT2D eigenvalue weighted by atomic mass is 35.5. The molecule has 4 rings (SSSR count). The number of carbonyl (C=O) groups excluding carboxylic acids is 1. The van der Waals surface area contributed by atoms with Gasteiger partial charge in [-0.15, -0.1) is 0 Å². The summed E-state index contributed by atoms with van der Waals surface area (Å²) in [5.74, 6) is -1.31. The van der Waals surface area contributed by atoms with Crippen LogP contribution in [0.15, 0.2) is 53.3 Å². The van der Waals surface area contributed by atoms with Crippen molar-refractivity contribution in [3.8, 4) is 0 Å². The molecule has 0 radical (unpaired) electrons. The van der Waals surface area contributed by atoms with Gasteiger partial charge in [0.1, 0.15) is 5.82 Å². The van der Waals surface area contributed by atoms with Gasteiger partial charge < -0.3 is 10.4 Å². The Bertz CT molecular complexity index is 1340. The molecule has 9 heteroatoms. The van der Waals surface area contributed by atoms with E-state index in [1.54, 1.807) is 41.0 Å². The lowest BCUT2D eigenvalue weighted by Crippen LogP contribution is -2.21. The number of hydrogen-bond acceptors (Lipinski definition) is 4. The number of fused-ring (bicyclic) bond motifs is 2. The molecule has 1 aromatic heterocycles. The van der Waals surface area contributed by atoms with Gasteiger partial charge in [0.2, 0.25) is 5.91 Å². The van der Waals surface area contributed by atoms with Crippen molar-refractivity contribution in [2.24, 2.45) is 0 Å². The number of amides is 1. The number of carbonyl (C=O) groups is 2. The Morgan fingerprint density at radius 3 is 2.58 bits per heavy atom. The number of aliphatic carboxylic acids is 1. The molecule has 1 aliphatic heterocycles. The van der Waals surface area contributed by atoms with Gasteiger partial charge in [-0.2, -0.15) is 0 Å². The molecule has 0 aliphatic carbocycles. The van der Waals surface area contributed by atoms with Gasteiger partial charge in [-0.05, 0) is 48.4 Å². The van der Waals surface area contributed by atoms with Crippen LogP contribution in [-0.4, -0.2) is 26.5 Å². The van der Waals surface area contributed by atoms with Crippen molar-refractivity contribution in [1.29, 1.82) is 0 Å². The Labute approximate surface area is 186 Å². The van der Waals surface area contributed by atoms with Gasteiger partial charge in [0.05, 0.1) is 10.9 Å². The number of aromatic nitrogens is 2. The number of benzene rings is 2. The van der Waals surface area contributed by atoms with E-state index in [-0.39, 0.29) is 5.56 Å². The first-order chi connectivity index (χ1) is 14.8. The summed E-state index contributed by atoms with van der Waals surface area (Å²) < 4.78 is 1.60. The molecule has 0 atom stereocenters. The van der Waals surface area contributed by atoms with E-state index in [9.17, 15) is 14.4 Å². The van der Waals surface area contributed by atoms with Gasteiger partial charge in [0, 0.05) is 40.0 Å². The third-order valence-corrected chi connectivity index (χ3v) is 5.47. The minimum atomic E-state index is -1.23. The van der Waals surface area contributed by atoms with Gasteiger partial charge in [0.25, 0.3) is 5.56 Å². The highest BCUT2D eigenvalue weighted by Gasteiger charge is 2.22. The molecular weight excluding hydrogens is 441 g/mol. The van der Waals surface area contributed by atoms with Gasteiger partial charge in [-0.25, -0.2) is 9.78 Å². The molecule has 7 nitrogen and oxygen atoms in total. The molecule has 0 bridgehead atoms. The summed E-state index contributed by atoms with van der Waals surface area (Å²) in [7, 11) is 0. The largest absolute Gasteiger partial charge is 0.478 e. The lowest BCUT2D eigenvalue weighted by atomic mass is 10.1. The number of nitrogens with zero attached hydrogens (tertiary/aromatic N) is 2. The van der Waals surface area contributed by atoms with E-state index in [4.69, 9.17) is 28.3 Å². The Morgan fingerprint density at radius 2 is 1.87 bits per heavy atom. The van der Waals surface area contributed by atoms with Crippen molar-refractivity contribution >= 4 is 63.3 Å². The van der Waals surface area contributed by atoms with E-state index < -0.39 is 11.9 Å². The number of hydrogen-bond donors (Lipinski definition) is 2. The van der Waals surface area contributed by atoms with Crippen LogP contribution in [0, 0.1) is 0 Å². The average Bonchev–Trinajstić information content (AvgIpc) is 3.12. The van der Waals surface area contributed by atoms with Crippen molar-refractivity contribution < 1.29 is 14.7 Å². The number of nitrogens with one attached hydrogen (secondary N) is 1. The Hall–Kier alpha value is -3.42. The summed E-state index contributed by atoms with van der Waals surface area (Å²) in [6.45, 7) is 0.490. The van der Waals surface area contributed by atoms with Crippen LogP contribution in [0.3, 0.4) is 0 Å². The Kier molecular flexibility index (Phi) is 5.63. The molecule has 2 aromatic carbocycles. The Balaban J connectivity index is 1.75. The maximum Gasteiger partial charge on any atom is 0.328 e. The van der Waals surface area contributed by atoms with E-state index >= 15 is 0 Å².